The molecule has 4 rings (SSSR count). The molecule has 3 heterocycles. The van der Waals surface area contributed by atoms with E-state index in [0.29, 0.717) is 5.56 Å². The SMILES string of the molecule is CN(C(=O)O)c1c(N)nc(-c2nn(Cc3ccccc3F)c3ncc(F)cc23)nc1N. The molecular weight excluding hydrogens is 410 g/mol. The van der Waals surface area contributed by atoms with Crippen LogP contribution >= 0.6 is 0 Å². The van der Waals surface area contributed by atoms with Gasteiger partial charge in [0.05, 0.1) is 18.1 Å². The third-order valence-corrected chi connectivity index (χ3v) is 4.60. The van der Waals surface area contributed by atoms with Crippen LogP contribution in [0.5, 0.6) is 0 Å². The predicted octanol–water partition coefficient (Wildman–Crippen LogP) is 2.49. The van der Waals surface area contributed by atoms with Crippen LogP contribution in [0, 0.1) is 11.6 Å². The van der Waals surface area contributed by atoms with Gasteiger partial charge in [-0.2, -0.15) is 5.10 Å². The van der Waals surface area contributed by atoms with Crippen LogP contribution in [0.2, 0.25) is 0 Å². The van der Waals surface area contributed by atoms with Crippen molar-refractivity contribution in [3.05, 3.63) is 53.7 Å². The number of carboxylic acid groups (broad SMARTS) is 1. The zero-order chi connectivity index (χ0) is 22.3. The first-order chi connectivity index (χ1) is 14.8. The molecule has 0 aliphatic heterocycles. The Kier molecular flexibility index (Phi) is 4.81. The summed E-state index contributed by atoms with van der Waals surface area (Å²) in [6.45, 7) is 0.0204. The van der Waals surface area contributed by atoms with Crippen LogP contribution in [0.25, 0.3) is 22.6 Å². The first-order valence-corrected chi connectivity index (χ1v) is 8.91. The Bertz CT molecular complexity index is 1300. The number of nitrogen functional groups attached to an aromatic ring is 2. The van der Waals surface area contributed by atoms with Gasteiger partial charge in [0.15, 0.2) is 23.1 Å². The maximum atomic E-state index is 14.1. The summed E-state index contributed by atoms with van der Waals surface area (Å²) in [7, 11) is 1.24. The van der Waals surface area contributed by atoms with Gasteiger partial charge in [0.25, 0.3) is 0 Å². The minimum absolute atomic E-state index is 0.0204. The second-order valence-electron chi connectivity index (χ2n) is 6.63. The van der Waals surface area contributed by atoms with E-state index in [1.165, 1.54) is 23.9 Å². The zero-order valence-electron chi connectivity index (χ0n) is 16.1. The van der Waals surface area contributed by atoms with E-state index in [2.05, 4.69) is 20.1 Å². The molecule has 0 aliphatic carbocycles. The molecule has 10 nitrogen and oxygen atoms in total. The molecule has 0 radical (unpaired) electrons. The molecule has 12 heteroatoms. The molecule has 0 saturated heterocycles. The third-order valence-electron chi connectivity index (χ3n) is 4.60. The second kappa shape index (κ2) is 7.48. The molecule has 0 bridgehead atoms. The summed E-state index contributed by atoms with van der Waals surface area (Å²) in [4.78, 5) is 24.3. The van der Waals surface area contributed by atoms with E-state index < -0.39 is 17.7 Å². The number of amides is 1. The summed E-state index contributed by atoms with van der Waals surface area (Å²) in [6, 6.07) is 7.34. The van der Waals surface area contributed by atoms with E-state index in [1.807, 2.05) is 0 Å². The Hall–Kier alpha value is -4.35. The van der Waals surface area contributed by atoms with Gasteiger partial charge in [-0.25, -0.2) is 33.2 Å². The first-order valence-electron chi connectivity index (χ1n) is 8.91. The molecule has 1 aromatic carbocycles. The van der Waals surface area contributed by atoms with Gasteiger partial charge in [0.2, 0.25) is 0 Å². The van der Waals surface area contributed by atoms with Crippen molar-refractivity contribution < 1.29 is 18.7 Å². The van der Waals surface area contributed by atoms with E-state index in [1.54, 1.807) is 18.2 Å². The van der Waals surface area contributed by atoms with Crippen LogP contribution in [0.3, 0.4) is 0 Å². The van der Waals surface area contributed by atoms with Gasteiger partial charge < -0.3 is 16.6 Å². The average molecular weight is 426 g/mol. The van der Waals surface area contributed by atoms with Gasteiger partial charge in [-0.05, 0) is 12.1 Å². The van der Waals surface area contributed by atoms with Crippen LogP contribution in [-0.4, -0.2) is 43.0 Å². The Morgan fingerprint density at radius 3 is 2.52 bits per heavy atom. The average Bonchev–Trinajstić information content (AvgIpc) is 3.06. The highest BCUT2D eigenvalue weighted by molar-refractivity contribution is 5.95. The van der Waals surface area contributed by atoms with Gasteiger partial charge in [0.1, 0.15) is 23.0 Å². The predicted molar refractivity (Wildman–Crippen MR) is 109 cm³/mol. The standard InChI is InChI=1S/C19H16F2N8O2/c1-28(19(30)31)14-15(22)25-17(26-16(14)23)13-11-6-10(20)7-24-18(11)29(27-13)8-9-4-2-3-5-12(9)21/h2-7H,8H2,1H3,(H,30,31)(H4,22,23,25,26). The fourth-order valence-electron chi connectivity index (χ4n) is 3.13. The summed E-state index contributed by atoms with van der Waals surface area (Å²) >= 11 is 0. The number of nitrogens with zero attached hydrogens (tertiary/aromatic N) is 6. The van der Waals surface area contributed by atoms with Crippen molar-refractivity contribution in [3.8, 4) is 11.5 Å². The van der Waals surface area contributed by atoms with Crippen molar-refractivity contribution in [2.75, 3.05) is 23.4 Å². The Balaban J connectivity index is 1.88. The number of carbonyl (C=O) groups is 1. The van der Waals surface area contributed by atoms with E-state index in [0.717, 1.165) is 11.1 Å². The maximum Gasteiger partial charge on any atom is 0.411 e. The Morgan fingerprint density at radius 2 is 1.87 bits per heavy atom. The highest BCUT2D eigenvalue weighted by Gasteiger charge is 2.23. The summed E-state index contributed by atoms with van der Waals surface area (Å²) in [5, 5.41) is 13.8. The van der Waals surface area contributed by atoms with E-state index >= 15 is 0 Å². The summed E-state index contributed by atoms with van der Waals surface area (Å²) in [5.74, 6) is -1.51. The van der Waals surface area contributed by atoms with E-state index in [9.17, 15) is 18.7 Å². The number of benzene rings is 1. The number of aromatic nitrogens is 5. The molecular formula is C19H16F2N8O2. The smallest absolute Gasteiger partial charge is 0.411 e. The lowest BCUT2D eigenvalue weighted by Gasteiger charge is -2.16. The third kappa shape index (κ3) is 3.54. The van der Waals surface area contributed by atoms with Crippen LogP contribution in [0.1, 0.15) is 5.56 Å². The minimum atomic E-state index is -1.30. The van der Waals surface area contributed by atoms with E-state index in [-0.39, 0.29) is 46.4 Å². The Morgan fingerprint density at radius 1 is 1.19 bits per heavy atom. The van der Waals surface area contributed by atoms with Crippen molar-refractivity contribution in [3.63, 3.8) is 0 Å². The zero-order valence-corrected chi connectivity index (χ0v) is 16.1. The minimum Gasteiger partial charge on any atom is -0.465 e. The highest BCUT2D eigenvalue weighted by Crippen LogP contribution is 2.32. The van der Waals surface area contributed by atoms with Gasteiger partial charge in [-0.3, -0.25) is 4.90 Å². The topological polar surface area (TPSA) is 149 Å². The van der Waals surface area contributed by atoms with Crippen molar-refractivity contribution >= 4 is 34.4 Å². The van der Waals surface area contributed by atoms with Gasteiger partial charge >= 0.3 is 6.09 Å². The molecule has 1 amide bonds. The number of anilines is 3. The van der Waals surface area contributed by atoms with Crippen LogP contribution in [0.15, 0.2) is 36.5 Å². The molecule has 31 heavy (non-hydrogen) atoms. The maximum absolute atomic E-state index is 14.1. The number of hydrogen-bond donors (Lipinski definition) is 3. The molecule has 0 unspecified atom stereocenters. The van der Waals surface area contributed by atoms with Crippen LogP contribution < -0.4 is 16.4 Å². The van der Waals surface area contributed by atoms with Crippen molar-refractivity contribution in [1.29, 1.82) is 0 Å². The number of nitrogens with two attached hydrogens (primary N) is 2. The lowest BCUT2D eigenvalue weighted by molar-refractivity contribution is 0.203. The fraction of sp³-hybridized carbons (Fsp3) is 0.105. The number of fused-ring (bicyclic) bond motifs is 1. The largest absolute Gasteiger partial charge is 0.465 e. The molecule has 3 aromatic heterocycles. The molecule has 0 spiro atoms. The van der Waals surface area contributed by atoms with Crippen molar-refractivity contribution in [2.24, 2.45) is 0 Å². The molecule has 0 fully saturated rings. The quantitative estimate of drug-likeness (QED) is 0.451. The molecule has 4 aromatic rings. The van der Waals surface area contributed by atoms with Crippen LogP contribution in [-0.2, 0) is 6.54 Å². The second-order valence-corrected chi connectivity index (χ2v) is 6.63. The number of hydrogen-bond acceptors (Lipinski definition) is 7. The molecule has 0 aliphatic rings. The van der Waals surface area contributed by atoms with Crippen molar-refractivity contribution in [1.82, 2.24) is 24.7 Å². The fourth-order valence-corrected chi connectivity index (χ4v) is 3.13. The van der Waals surface area contributed by atoms with Gasteiger partial charge in [0, 0.05) is 12.6 Å². The first kappa shape index (κ1) is 19.9. The molecule has 5 N–H and O–H groups in total. The summed E-state index contributed by atoms with van der Waals surface area (Å²) in [6.07, 6.45) is -0.291. The van der Waals surface area contributed by atoms with Gasteiger partial charge in [-0.1, -0.05) is 18.2 Å². The molecule has 0 atom stereocenters. The monoisotopic (exact) mass is 426 g/mol. The van der Waals surface area contributed by atoms with Crippen LogP contribution in [0.4, 0.5) is 30.9 Å². The lowest BCUT2D eigenvalue weighted by atomic mass is 10.2. The van der Waals surface area contributed by atoms with Gasteiger partial charge in [-0.15, -0.1) is 0 Å². The summed E-state index contributed by atoms with van der Waals surface area (Å²) < 4.78 is 29.4. The number of pyridine rings is 1. The molecule has 0 saturated carbocycles. The number of rotatable bonds is 4. The van der Waals surface area contributed by atoms with E-state index in [4.69, 9.17) is 11.5 Å². The lowest BCUT2D eigenvalue weighted by Crippen LogP contribution is -2.26. The number of halogens is 2. The highest BCUT2D eigenvalue weighted by atomic mass is 19.1. The van der Waals surface area contributed by atoms with Crippen molar-refractivity contribution in [2.45, 2.75) is 6.54 Å². The normalized spacial score (nSPS) is 11.1. The Labute approximate surface area is 173 Å². The molecule has 158 valence electrons. The summed E-state index contributed by atoms with van der Waals surface area (Å²) in [5.41, 5.74) is 12.5.